The van der Waals surface area contributed by atoms with Crippen molar-refractivity contribution in [3.8, 4) is 5.75 Å². The summed E-state index contributed by atoms with van der Waals surface area (Å²) in [5, 5.41) is 9.87. The lowest BCUT2D eigenvalue weighted by Gasteiger charge is -2.18. The third-order valence-electron chi connectivity index (χ3n) is 2.65. The lowest BCUT2D eigenvalue weighted by molar-refractivity contribution is 0.169. The molecule has 0 aliphatic heterocycles. The zero-order valence-corrected chi connectivity index (χ0v) is 9.95. The fourth-order valence-corrected chi connectivity index (χ4v) is 1.75. The van der Waals surface area contributed by atoms with Crippen LogP contribution in [0.15, 0.2) is 18.2 Å². The maximum atomic E-state index is 9.87. The molecule has 0 saturated carbocycles. The molecule has 1 atom stereocenters. The number of methoxy groups -OCH3 is 1. The predicted octanol–water partition coefficient (Wildman–Crippen LogP) is 3.26. The van der Waals surface area contributed by atoms with Crippen LogP contribution >= 0.6 is 0 Å². The molecule has 0 spiro atoms. The monoisotopic (exact) mass is 208 g/mol. The highest BCUT2D eigenvalue weighted by molar-refractivity contribution is 5.44. The predicted molar refractivity (Wildman–Crippen MR) is 62.3 cm³/mol. The second-order valence-corrected chi connectivity index (χ2v) is 4.05. The van der Waals surface area contributed by atoms with Crippen LogP contribution in [0.4, 0.5) is 0 Å². The molecule has 0 amide bonds. The van der Waals surface area contributed by atoms with Crippen molar-refractivity contribution in [2.45, 2.75) is 39.2 Å². The molecule has 1 rings (SSSR count). The van der Waals surface area contributed by atoms with E-state index in [2.05, 4.69) is 19.9 Å². The lowest BCUT2D eigenvalue weighted by atomic mass is 9.96. The Kier molecular flexibility index (Phi) is 4.15. The number of hydrogen-bond donors (Lipinski definition) is 1. The average Bonchev–Trinajstić information content (AvgIpc) is 2.26. The Labute approximate surface area is 91.9 Å². The standard InChI is InChI=1S/C13H20O2/c1-5-12(14)11-8-6-7-10(9(2)3)13(11)15-4/h6-9,12,14H,5H2,1-4H3. The molecule has 1 N–H and O–H groups in total. The van der Waals surface area contributed by atoms with Crippen molar-refractivity contribution in [3.05, 3.63) is 29.3 Å². The van der Waals surface area contributed by atoms with Crippen LogP contribution in [0.5, 0.6) is 5.75 Å². The summed E-state index contributed by atoms with van der Waals surface area (Å²) < 4.78 is 5.40. The zero-order chi connectivity index (χ0) is 11.4. The van der Waals surface area contributed by atoms with Crippen molar-refractivity contribution in [1.82, 2.24) is 0 Å². The van der Waals surface area contributed by atoms with Gasteiger partial charge in [-0.2, -0.15) is 0 Å². The fraction of sp³-hybridized carbons (Fsp3) is 0.538. The van der Waals surface area contributed by atoms with Gasteiger partial charge >= 0.3 is 0 Å². The van der Waals surface area contributed by atoms with Crippen LogP contribution < -0.4 is 4.74 Å². The summed E-state index contributed by atoms with van der Waals surface area (Å²) >= 11 is 0. The van der Waals surface area contributed by atoms with Crippen molar-refractivity contribution in [2.75, 3.05) is 7.11 Å². The molecule has 1 unspecified atom stereocenters. The van der Waals surface area contributed by atoms with Gasteiger partial charge in [-0.1, -0.05) is 39.0 Å². The van der Waals surface area contributed by atoms with Gasteiger partial charge in [0.1, 0.15) is 5.75 Å². The van der Waals surface area contributed by atoms with Crippen LogP contribution in [-0.4, -0.2) is 12.2 Å². The summed E-state index contributed by atoms with van der Waals surface area (Å²) in [6.07, 6.45) is 0.274. The van der Waals surface area contributed by atoms with E-state index in [1.165, 1.54) is 0 Å². The van der Waals surface area contributed by atoms with Crippen molar-refractivity contribution in [1.29, 1.82) is 0 Å². The molecule has 2 nitrogen and oxygen atoms in total. The molecule has 0 fully saturated rings. The fourth-order valence-electron chi connectivity index (χ4n) is 1.75. The third kappa shape index (κ3) is 2.51. The summed E-state index contributed by atoms with van der Waals surface area (Å²) in [6, 6.07) is 5.96. The first-order valence-corrected chi connectivity index (χ1v) is 5.46. The van der Waals surface area contributed by atoms with Crippen LogP contribution in [0.25, 0.3) is 0 Å². The maximum absolute atomic E-state index is 9.87. The third-order valence-corrected chi connectivity index (χ3v) is 2.65. The molecule has 2 heteroatoms. The SMILES string of the molecule is CCC(O)c1cccc(C(C)C)c1OC. The van der Waals surface area contributed by atoms with E-state index in [0.29, 0.717) is 12.3 Å². The first-order valence-electron chi connectivity index (χ1n) is 5.46. The Hall–Kier alpha value is -1.02. The Morgan fingerprint density at radius 3 is 2.33 bits per heavy atom. The first-order chi connectivity index (χ1) is 7.11. The second-order valence-electron chi connectivity index (χ2n) is 4.05. The van der Waals surface area contributed by atoms with Gasteiger partial charge in [0, 0.05) is 5.56 Å². The normalized spacial score (nSPS) is 12.9. The van der Waals surface area contributed by atoms with Gasteiger partial charge in [0.25, 0.3) is 0 Å². The van der Waals surface area contributed by atoms with Gasteiger partial charge < -0.3 is 9.84 Å². The molecule has 0 aromatic heterocycles. The molecule has 1 aromatic rings. The van der Waals surface area contributed by atoms with Gasteiger partial charge in [-0.15, -0.1) is 0 Å². The van der Waals surface area contributed by atoms with Crippen molar-refractivity contribution >= 4 is 0 Å². The van der Waals surface area contributed by atoms with Crippen LogP contribution in [0.2, 0.25) is 0 Å². The smallest absolute Gasteiger partial charge is 0.128 e. The average molecular weight is 208 g/mol. The van der Waals surface area contributed by atoms with E-state index in [4.69, 9.17) is 4.74 Å². The van der Waals surface area contributed by atoms with Crippen LogP contribution in [-0.2, 0) is 0 Å². The van der Waals surface area contributed by atoms with Gasteiger partial charge in [0.05, 0.1) is 13.2 Å². The van der Waals surface area contributed by atoms with E-state index < -0.39 is 6.10 Å². The summed E-state index contributed by atoms with van der Waals surface area (Å²) in [5.74, 6) is 1.24. The van der Waals surface area contributed by atoms with E-state index in [-0.39, 0.29) is 0 Å². The van der Waals surface area contributed by atoms with E-state index in [1.54, 1.807) is 7.11 Å². The number of aliphatic hydroxyl groups excluding tert-OH is 1. The van der Waals surface area contributed by atoms with E-state index in [9.17, 15) is 5.11 Å². The summed E-state index contributed by atoms with van der Waals surface area (Å²) in [4.78, 5) is 0. The molecular formula is C13H20O2. The Bertz CT molecular complexity index is 318. The van der Waals surface area contributed by atoms with Crippen LogP contribution in [0, 0.1) is 0 Å². The van der Waals surface area contributed by atoms with Crippen molar-refractivity contribution in [2.24, 2.45) is 0 Å². The van der Waals surface area contributed by atoms with E-state index in [1.807, 2.05) is 19.1 Å². The lowest BCUT2D eigenvalue weighted by Crippen LogP contribution is -2.03. The van der Waals surface area contributed by atoms with Gasteiger partial charge in [-0.05, 0) is 17.9 Å². The summed E-state index contributed by atoms with van der Waals surface area (Å²) in [5.41, 5.74) is 2.05. The van der Waals surface area contributed by atoms with Crippen molar-refractivity contribution < 1.29 is 9.84 Å². The minimum absolute atomic E-state index is 0.406. The Morgan fingerprint density at radius 2 is 1.87 bits per heavy atom. The highest BCUT2D eigenvalue weighted by Gasteiger charge is 2.16. The summed E-state index contributed by atoms with van der Waals surface area (Å²) in [7, 11) is 1.66. The largest absolute Gasteiger partial charge is 0.496 e. The van der Waals surface area contributed by atoms with Crippen LogP contribution in [0.1, 0.15) is 50.3 Å². The number of para-hydroxylation sites is 1. The number of rotatable bonds is 4. The number of aliphatic hydroxyl groups is 1. The number of hydrogen-bond acceptors (Lipinski definition) is 2. The van der Waals surface area contributed by atoms with Gasteiger partial charge in [-0.3, -0.25) is 0 Å². The van der Waals surface area contributed by atoms with E-state index >= 15 is 0 Å². The van der Waals surface area contributed by atoms with Gasteiger partial charge in [0.15, 0.2) is 0 Å². The second kappa shape index (κ2) is 5.17. The molecule has 0 bridgehead atoms. The van der Waals surface area contributed by atoms with Crippen LogP contribution in [0.3, 0.4) is 0 Å². The maximum Gasteiger partial charge on any atom is 0.128 e. The summed E-state index contributed by atoms with van der Waals surface area (Å²) in [6.45, 7) is 6.21. The van der Waals surface area contributed by atoms with Gasteiger partial charge in [0.2, 0.25) is 0 Å². The number of ether oxygens (including phenoxy) is 1. The topological polar surface area (TPSA) is 29.5 Å². The van der Waals surface area contributed by atoms with Crippen molar-refractivity contribution in [3.63, 3.8) is 0 Å². The minimum atomic E-state index is -0.432. The Morgan fingerprint density at radius 1 is 1.27 bits per heavy atom. The molecule has 0 radical (unpaired) electrons. The Balaban J connectivity index is 3.22. The molecule has 0 aliphatic carbocycles. The minimum Gasteiger partial charge on any atom is -0.496 e. The van der Waals surface area contributed by atoms with Gasteiger partial charge in [-0.25, -0.2) is 0 Å². The highest BCUT2D eigenvalue weighted by atomic mass is 16.5. The molecule has 84 valence electrons. The molecular weight excluding hydrogens is 188 g/mol. The highest BCUT2D eigenvalue weighted by Crippen LogP contribution is 2.34. The molecule has 0 aliphatic rings. The molecule has 0 heterocycles. The first kappa shape index (κ1) is 12.1. The molecule has 0 saturated heterocycles. The quantitative estimate of drug-likeness (QED) is 0.823. The number of benzene rings is 1. The zero-order valence-electron chi connectivity index (χ0n) is 9.95. The van der Waals surface area contributed by atoms with E-state index in [0.717, 1.165) is 16.9 Å². The molecule has 1 aromatic carbocycles. The molecule has 15 heavy (non-hydrogen) atoms.